The molecule has 2 N–H and O–H groups in total. The summed E-state index contributed by atoms with van der Waals surface area (Å²) in [4.78, 5) is 23.9. The lowest BCUT2D eigenvalue weighted by atomic mass is 10.0. The van der Waals surface area contributed by atoms with Crippen molar-refractivity contribution in [1.82, 2.24) is 10.9 Å². The summed E-state index contributed by atoms with van der Waals surface area (Å²) in [7, 11) is 0. The van der Waals surface area contributed by atoms with Gasteiger partial charge in [0.25, 0.3) is 11.8 Å². The summed E-state index contributed by atoms with van der Waals surface area (Å²) < 4.78 is 10.9. The first-order valence-corrected chi connectivity index (χ1v) is 9.45. The number of ether oxygens (including phenoxy) is 2. The molecule has 2 aromatic carbocycles. The van der Waals surface area contributed by atoms with Crippen LogP contribution >= 0.6 is 23.2 Å². The van der Waals surface area contributed by atoms with Crippen molar-refractivity contribution >= 4 is 35.0 Å². The van der Waals surface area contributed by atoms with E-state index in [0.717, 1.165) is 0 Å². The van der Waals surface area contributed by atoms with E-state index in [1.165, 1.54) is 11.6 Å². The molecule has 0 saturated heterocycles. The van der Waals surface area contributed by atoms with Gasteiger partial charge in [0, 0.05) is 5.02 Å². The average molecular weight is 425 g/mol. The van der Waals surface area contributed by atoms with E-state index in [0.29, 0.717) is 22.4 Å². The second-order valence-electron chi connectivity index (χ2n) is 6.38. The van der Waals surface area contributed by atoms with Crippen molar-refractivity contribution in [1.29, 1.82) is 0 Å². The fraction of sp³-hybridized carbons (Fsp3) is 0.300. The van der Waals surface area contributed by atoms with Crippen molar-refractivity contribution < 1.29 is 19.1 Å². The molecule has 2 rings (SSSR count). The van der Waals surface area contributed by atoms with E-state index in [1.54, 1.807) is 31.2 Å². The van der Waals surface area contributed by atoms with Crippen LogP contribution in [-0.4, -0.2) is 24.5 Å². The van der Waals surface area contributed by atoms with Crippen molar-refractivity contribution in [3.05, 3.63) is 58.1 Å². The van der Waals surface area contributed by atoms with Crippen molar-refractivity contribution in [2.24, 2.45) is 0 Å². The molecule has 28 heavy (non-hydrogen) atoms. The number of carbonyl (C=O) groups is 2. The van der Waals surface area contributed by atoms with Crippen molar-refractivity contribution in [2.75, 3.05) is 6.61 Å². The fourth-order valence-electron chi connectivity index (χ4n) is 2.19. The molecule has 0 aliphatic heterocycles. The van der Waals surface area contributed by atoms with Crippen LogP contribution < -0.4 is 20.3 Å². The SMILES string of the molecule is CC(Oc1ccc(C(C)C)cc1)C(=O)NNC(=O)COc1ccc(Cl)cc1Cl. The highest BCUT2D eigenvalue weighted by Gasteiger charge is 2.16. The van der Waals surface area contributed by atoms with Gasteiger partial charge < -0.3 is 9.47 Å². The Kier molecular flexibility index (Phi) is 7.96. The Morgan fingerprint density at radius 2 is 1.68 bits per heavy atom. The van der Waals surface area contributed by atoms with Gasteiger partial charge in [-0.05, 0) is 48.7 Å². The first-order chi connectivity index (χ1) is 13.3. The third-order valence-electron chi connectivity index (χ3n) is 3.81. The molecule has 0 saturated carbocycles. The zero-order valence-electron chi connectivity index (χ0n) is 15.8. The van der Waals surface area contributed by atoms with Gasteiger partial charge in [-0.2, -0.15) is 0 Å². The number of carbonyl (C=O) groups excluding carboxylic acids is 2. The van der Waals surface area contributed by atoms with Crippen LogP contribution in [0.2, 0.25) is 10.0 Å². The number of hydrazine groups is 1. The van der Waals surface area contributed by atoms with Gasteiger partial charge in [-0.15, -0.1) is 0 Å². The van der Waals surface area contributed by atoms with Gasteiger partial charge in [0.1, 0.15) is 11.5 Å². The van der Waals surface area contributed by atoms with E-state index in [2.05, 4.69) is 24.7 Å². The zero-order valence-corrected chi connectivity index (χ0v) is 17.3. The van der Waals surface area contributed by atoms with Crippen molar-refractivity contribution in [3.8, 4) is 11.5 Å². The van der Waals surface area contributed by atoms with Gasteiger partial charge in [0.2, 0.25) is 0 Å². The maximum absolute atomic E-state index is 12.1. The van der Waals surface area contributed by atoms with Gasteiger partial charge in [0.05, 0.1) is 5.02 Å². The van der Waals surface area contributed by atoms with Crippen LogP contribution in [0.5, 0.6) is 11.5 Å². The first kappa shape index (κ1) is 21.9. The average Bonchev–Trinajstić information content (AvgIpc) is 2.65. The third kappa shape index (κ3) is 6.62. The molecule has 8 heteroatoms. The minimum atomic E-state index is -0.795. The molecule has 6 nitrogen and oxygen atoms in total. The first-order valence-electron chi connectivity index (χ1n) is 8.69. The largest absolute Gasteiger partial charge is 0.482 e. The molecule has 0 bridgehead atoms. The third-order valence-corrected chi connectivity index (χ3v) is 4.34. The summed E-state index contributed by atoms with van der Waals surface area (Å²) in [6, 6.07) is 12.2. The lowest BCUT2D eigenvalue weighted by Gasteiger charge is -2.16. The Bertz CT molecular complexity index is 825. The highest BCUT2D eigenvalue weighted by Crippen LogP contribution is 2.27. The Labute approximate surface area is 174 Å². The van der Waals surface area contributed by atoms with Gasteiger partial charge in [0.15, 0.2) is 12.7 Å². The number of nitrogens with one attached hydrogen (secondary N) is 2. The van der Waals surface area contributed by atoms with E-state index in [4.69, 9.17) is 32.7 Å². The predicted molar refractivity (Wildman–Crippen MR) is 109 cm³/mol. The molecule has 150 valence electrons. The van der Waals surface area contributed by atoms with E-state index in [-0.39, 0.29) is 11.6 Å². The second-order valence-corrected chi connectivity index (χ2v) is 7.23. The standard InChI is InChI=1S/C20H22Cl2N2O4/c1-12(2)14-4-7-16(8-5-14)28-13(3)20(26)24-23-19(25)11-27-18-9-6-15(21)10-17(18)22/h4-10,12-13H,11H2,1-3H3,(H,23,25)(H,24,26). The van der Waals surface area contributed by atoms with E-state index >= 15 is 0 Å². The smallest absolute Gasteiger partial charge is 0.279 e. The van der Waals surface area contributed by atoms with Gasteiger partial charge in [-0.1, -0.05) is 49.2 Å². The molecule has 0 heterocycles. The Morgan fingerprint density at radius 3 is 2.29 bits per heavy atom. The Morgan fingerprint density at radius 1 is 1.00 bits per heavy atom. The lowest BCUT2D eigenvalue weighted by Crippen LogP contribution is -2.48. The van der Waals surface area contributed by atoms with Crippen LogP contribution in [0.15, 0.2) is 42.5 Å². The van der Waals surface area contributed by atoms with Gasteiger partial charge in [-0.25, -0.2) is 0 Å². The van der Waals surface area contributed by atoms with Crippen LogP contribution in [0.4, 0.5) is 0 Å². The molecule has 0 radical (unpaired) electrons. The molecule has 1 atom stereocenters. The second kappa shape index (κ2) is 10.2. The van der Waals surface area contributed by atoms with Crippen molar-refractivity contribution in [3.63, 3.8) is 0 Å². The molecule has 0 fully saturated rings. The molecular weight excluding hydrogens is 403 g/mol. The summed E-state index contributed by atoms with van der Waals surface area (Å²) in [5.74, 6) is 0.252. The molecule has 0 aromatic heterocycles. The van der Waals surface area contributed by atoms with Crippen LogP contribution in [0, 0.1) is 0 Å². The summed E-state index contributed by atoms with van der Waals surface area (Å²) in [5.41, 5.74) is 5.73. The summed E-state index contributed by atoms with van der Waals surface area (Å²) in [5, 5.41) is 0.747. The minimum Gasteiger partial charge on any atom is -0.482 e. The van der Waals surface area contributed by atoms with Crippen LogP contribution in [0.1, 0.15) is 32.3 Å². The summed E-state index contributed by atoms with van der Waals surface area (Å²) >= 11 is 11.8. The molecule has 0 spiro atoms. The normalized spacial score (nSPS) is 11.6. The predicted octanol–water partition coefficient (Wildman–Crippen LogP) is 4.11. The van der Waals surface area contributed by atoms with Crippen LogP contribution in [0.3, 0.4) is 0 Å². The molecule has 2 amide bonds. The Hall–Kier alpha value is -2.44. The maximum Gasteiger partial charge on any atom is 0.279 e. The van der Waals surface area contributed by atoms with E-state index in [9.17, 15) is 9.59 Å². The minimum absolute atomic E-state index is 0.287. The molecule has 1 unspecified atom stereocenters. The number of rotatable bonds is 7. The van der Waals surface area contributed by atoms with Crippen LogP contribution in [0.25, 0.3) is 0 Å². The molecule has 0 aliphatic rings. The highest BCUT2D eigenvalue weighted by molar-refractivity contribution is 6.35. The van der Waals surface area contributed by atoms with E-state index < -0.39 is 17.9 Å². The fourth-order valence-corrected chi connectivity index (χ4v) is 2.66. The van der Waals surface area contributed by atoms with Gasteiger partial charge in [-0.3, -0.25) is 20.4 Å². The Balaban J connectivity index is 1.76. The monoisotopic (exact) mass is 424 g/mol. The number of benzene rings is 2. The number of amides is 2. The highest BCUT2D eigenvalue weighted by atomic mass is 35.5. The van der Waals surface area contributed by atoms with Gasteiger partial charge >= 0.3 is 0 Å². The van der Waals surface area contributed by atoms with Crippen molar-refractivity contribution in [2.45, 2.75) is 32.8 Å². The molecule has 0 aliphatic carbocycles. The van der Waals surface area contributed by atoms with Crippen LogP contribution in [-0.2, 0) is 9.59 Å². The molecule has 2 aromatic rings. The number of hydrogen-bond donors (Lipinski definition) is 2. The summed E-state index contributed by atoms with van der Waals surface area (Å²) in [6.07, 6.45) is -0.795. The quantitative estimate of drug-likeness (QED) is 0.655. The zero-order chi connectivity index (χ0) is 20.7. The maximum atomic E-state index is 12.1. The van der Waals surface area contributed by atoms with E-state index in [1.807, 2.05) is 12.1 Å². The lowest BCUT2D eigenvalue weighted by molar-refractivity contribution is -0.133. The molecular formula is C20H22Cl2N2O4. The number of hydrogen-bond acceptors (Lipinski definition) is 4. The summed E-state index contributed by atoms with van der Waals surface area (Å²) in [6.45, 7) is 5.45. The topological polar surface area (TPSA) is 76.7 Å². The number of halogens is 2.